The van der Waals surface area contributed by atoms with Crippen molar-refractivity contribution in [3.8, 4) is 11.5 Å². The van der Waals surface area contributed by atoms with Crippen molar-refractivity contribution in [2.75, 3.05) is 32.8 Å². The molecular weight excluding hydrogens is 322 g/mol. The molecule has 0 radical (unpaired) electrons. The van der Waals surface area contributed by atoms with E-state index in [4.69, 9.17) is 9.47 Å². The Hall–Kier alpha value is -2.00. The van der Waals surface area contributed by atoms with Crippen LogP contribution in [0.15, 0.2) is 48.5 Å². The molecule has 0 atom stereocenters. The summed E-state index contributed by atoms with van der Waals surface area (Å²) < 4.78 is 11.3. The molecule has 1 saturated heterocycles. The Morgan fingerprint density at radius 1 is 0.846 bits per heavy atom. The predicted octanol–water partition coefficient (Wildman–Crippen LogP) is 4.35. The Morgan fingerprint density at radius 3 is 2.42 bits per heavy atom. The molecule has 2 aliphatic rings. The van der Waals surface area contributed by atoms with Gasteiger partial charge in [0.05, 0.1) is 0 Å². The summed E-state index contributed by atoms with van der Waals surface area (Å²) in [4.78, 5) is 2.64. The number of fused-ring (bicyclic) bond motifs is 1. The van der Waals surface area contributed by atoms with E-state index >= 15 is 0 Å². The molecule has 3 nitrogen and oxygen atoms in total. The summed E-state index contributed by atoms with van der Waals surface area (Å²) in [5.74, 6) is 2.66. The van der Waals surface area contributed by atoms with Crippen LogP contribution in [-0.4, -0.2) is 37.7 Å². The Kier molecular flexibility index (Phi) is 5.75. The molecule has 2 aromatic rings. The second-order valence-electron chi connectivity index (χ2n) is 7.56. The van der Waals surface area contributed by atoms with Gasteiger partial charge < -0.3 is 14.4 Å². The molecule has 138 valence electrons. The highest BCUT2D eigenvalue weighted by Crippen LogP contribution is 2.31. The number of hydrogen-bond donors (Lipinski definition) is 0. The zero-order valence-corrected chi connectivity index (χ0v) is 15.5. The fourth-order valence-corrected chi connectivity index (χ4v) is 4.11. The minimum Gasteiger partial charge on any atom is -0.486 e. The van der Waals surface area contributed by atoms with Gasteiger partial charge in [0.25, 0.3) is 0 Å². The number of aryl methyl sites for hydroxylation is 1. The largest absolute Gasteiger partial charge is 0.486 e. The average Bonchev–Trinajstić information content (AvgIpc) is 2.70. The van der Waals surface area contributed by atoms with Gasteiger partial charge in [0.15, 0.2) is 11.5 Å². The molecule has 4 rings (SSSR count). The monoisotopic (exact) mass is 351 g/mol. The SMILES string of the molecule is c1ccc(CC2CCN(CCCc3ccc4c(c3)OCCO4)CC2)cc1. The number of likely N-dealkylation sites (tertiary alicyclic amines) is 1. The van der Waals surface area contributed by atoms with Crippen LogP contribution in [0.5, 0.6) is 11.5 Å². The van der Waals surface area contributed by atoms with Crippen LogP contribution in [0, 0.1) is 5.92 Å². The molecule has 3 heteroatoms. The van der Waals surface area contributed by atoms with Crippen molar-refractivity contribution in [3.05, 3.63) is 59.7 Å². The standard InChI is InChI=1S/C23H29NO2/c1-2-5-19(6-3-1)17-21-10-13-24(14-11-21)12-4-7-20-8-9-22-23(18-20)26-16-15-25-22/h1-3,5-6,8-9,18,21H,4,7,10-17H2. The molecule has 1 fully saturated rings. The van der Waals surface area contributed by atoms with Gasteiger partial charge >= 0.3 is 0 Å². The first-order valence-electron chi connectivity index (χ1n) is 10.0. The molecule has 0 saturated carbocycles. The van der Waals surface area contributed by atoms with Gasteiger partial charge in [-0.3, -0.25) is 0 Å². The van der Waals surface area contributed by atoms with Crippen molar-refractivity contribution < 1.29 is 9.47 Å². The lowest BCUT2D eigenvalue weighted by atomic mass is 9.90. The quantitative estimate of drug-likeness (QED) is 0.772. The van der Waals surface area contributed by atoms with Crippen LogP contribution in [0.25, 0.3) is 0 Å². The van der Waals surface area contributed by atoms with Crippen LogP contribution in [-0.2, 0) is 12.8 Å². The summed E-state index contributed by atoms with van der Waals surface area (Å²) in [6.45, 7) is 5.02. The molecule has 0 N–H and O–H groups in total. The lowest BCUT2D eigenvalue weighted by molar-refractivity contribution is 0.171. The van der Waals surface area contributed by atoms with Gasteiger partial charge in [0, 0.05) is 0 Å². The zero-order chi connectivity index (χ0) is 17.6. The lowest BCUT2D eigenvalue weighted by Gasteiger charge is -2.32. The molecule has 0 spiro atoms. The molecule has 2 aliphatic heterocycles. The molecule has 0 bridgehead atoms. The van der Waals surface area contributed by atoms with Crippen molar-refractivity contribution in [1.29, 1.82) is 0 Å². The summed E-state index contributed by atoms with van der Waals surface area (Å²) in [5.41, 5.74) is 2.85. The molecular formula is C23H29NO2. The van der Waals surface area contributed by atoms with Gasteiger partial charge in [0.1, 0.15) is 13.2 Å². The second kappa shape index (κ2) is 8.59. The number of benzene rings is 2. The van der Waals surface area contributed by atoms with E-state index in [0.29, 0.717) is 13.2 Å². The van der Waals surface area contributed by atoms with Crippen LogP contribution >= 0.6 is 0 Å². The molecule has 26 heavy (non-hydrogen) atoms. The molecule has 0 unspecified atom stereocenters. The van der Waals surface area contributed by atoms with E-state index in [1.165, 1.54) is 56.4 Å². The maximum Gasteiger partial charge on any atom is 0.161 e. The van der Waals surface area contributed by atoms with Gasteiger partial charge in [-0.1, -0.05) is 36.4 Å². The lowest BCUT2D eigenvalue weighted by Crippen LogP contribution is -2.35. The van der Waals surface area contributed by atoms with Crippen LogP contribution in [0.4, 0.5) is 0 Å². The van der Waals surface area contributed by atoms with E-state index in [9.17, 15) is 0 Å². The summed E-state index contributed by atoms with van der Waals surface area (Å²) in [7, 11) is 0. The van der Waals surface area contributed by atoms with Gasteiger partial charge in [-0.15, -0.1) is 0 Å². The van der Waals surface area contributed by atoms with Crippen molar-refractivity contribution in [3.63, 3.8) is 0 Å². The van der Waals surface area contributed by atoms with Gasteiger partial charge in [-0.2, -0.15) is 0 Å². The molecule has 2 heterocycles. The Labute approximate surface area is 156 Å². The third kappa shape index (κ3) is 4.59. The highest BCUT2D eigenvalue weighted by atomic mass is 16.6. The number of nitrogens with zero attached hydrogens (tertiary/aromatic N) is 1. The first-order chi connectivity index (χ1) is 12.9. The first kappa shape index (κ1) is 17.4. The summed E-state index contributed by atoms with van der Waals surface area (Å²) in [6.07, 6.45) is 6.23. The zero-order valence-electron chi connectivity index (χ0n) is 15.5. The smallest absolute Gasteiger partial charge is 0.161 e. The van der Waals surface area contributed by atoms with Gasteiger partial charge in [0.2, 0.25) is 0 Å². The molecule has 0 aromatic heterocycles. The number of ether oxygens (including phenoxy) is 2. The van der Waals surface area contributed by atoms with Gasteiger partial charge in [-0.25, -0.2) is 0 Å². The molecule has 0 amide bonds. The van der Waals surface area contributed by atoms with E-state index < -0.39 is 0 Å². The van der Waals surface area contributed by atoms with Crippen molar-refractivity contribution in [2.45, 2.75) is 32.1 Å². The predicted molar refractivity (Wildman–Crippen MR) is 105 cm³/mol. The number of hydrogen-bond acceptors (Lipinski definition) is 3. The first-order valence-corrected chi connectivity index (χ1v) is 10.0. The number of piperidine rings is 1. The second-order valence-corrected chi connectivity index (χ2v) is 7.56. The highest BCUT2D eigenvalue weighted by molar-refractivity contribution is 5.43. The average molecular weight is 351 g/mol. The van der Waals surface area contributed by atoms with Crippen molar-refractivity contribution >= 4 is 0 Å². The minimum atomic E-state index is 0.659. The van der Waals surface area contributed by atoms with Crippen LogP contribution < -0.4 is 9.47 Å². The van der Waals surface area contributed by atoms with E-state index in [0.717, 1.165) is 23.8 Å². The summed E-state index contributed by atoms with van der Waals surface area (Å²) in [5, 5.41) is 0. The minimum absolute atomic E-state index is 0.659. The number of rotatable bonds is 6. The van der Waals surface area contributed by atoms with Crippen LogP contribution in [0.1, 0.15) is 30.4 Å². The Morgan fingerprint density at radius 2 is 1.62 bits per heavy atom. The fourth-order valence-electron chi connectivity index (χ4n) is 4.11. The van der Waals surface area contributed by atoms with E-state index in [2.05, 4.69) is 53.4 Å². The summed E-state index contributed by atoms with van der Waals surface area (Å²) in [6, 6.07) is 17.3. The molecule has 0 aliphatic carbocycles. The van der Waals surface area contributed by atoms with Crippen molar-refractivity contribution in [1.82, 2.24) is 4.90 Å². The Balaban J connectivity index is 1.18. The van der Waals surface area contributed by atoms with Crippen LogP contribution in [0.3, 0.4) is 0 Å². The maximum atomic E-state index is 5.69. The third-order valence-electron chi connectivity index (χ3n) is 5.62. The van der Waals surface area contributed by atoms with E-state index in [1.807, 2.05) is 0 Å². The fraction of sp³-hybridized carbons (Fsp3) is 0.478. The topological polar surface area (TPSA) is 21.7 Å². The Bertz CT molecular complexity index is 693. The normalized spacial score (nSPS) is 18.0. The maximum absolute atomic E-state index is 5.69. The van der Waals surface area contributed by atoms with Gasteiger partial charge in [-0.05, 0) is 80.9 Å². The van der Waals surface area contributed by atoms with Crippen LogP contribution in [0.2, 0.25) is 0 Å². The summed E-state index contributed by atoms with van der Waals surface area (Å²) >= 11 is 0. The van der Waals surface area contributed by atoms with Crippen molar-refractivity contribution in [2.24, 2.45) is 5.92 Å². The highest BCUT2D eigenvalue weighted by Gasteiger charge is 2.19. The third-order valence-corrected chi connectivity index (χ3v) is 5.62. The molecule has 2 aromatic carbocycles. The van der Waals surface area contributed by atoms with E-state index in [1.54, 1.807) is 0 Å². The van der Waals surface area contributed by atoms with E-state index in [-0.39, 0.29) is 0 Å².